The fourth-order valence-corrected chi connectivity index (χ4v) is 2.07. The summed E-state index contributed by atoms with van der Waals surface area (Å²) in [5.41, 5.74) is 8.69. The van der Waals surface area contributed by atoms with Gasteiger partial charge in [0.2, 0.25) is 0 Å². The Balaban J connectivity index is 2.77. The van der Waals surface area contributed by atoms with Crippen molar-refractivity contribution in [1.29, 1.82) is 0 Å². The van der Waals surface area contributed by atoms with Crippen LogP contribution in [0.4, 0.5) is 5.69 Å². The molecule has 0 aliphatic heterocycles. The van der Waals surface area contributed by atoms with Gasteiger partial charge >= 0.3 is 0 Å². The number of rotatable bonds is 2. The molecule has 1 aromatic heterocycles. The first-order valence-corrected chi connectivity index (χ1v) is 5.87. The molecular formula is C12H14BrN3. The van der Waals surface area contributed by atoms with Crippen LogP contribution in [0.5, 0.6) is 0 Å². The Labute approximate surface area is 103 Å². The van der Waals surface area contributed by atoms with Crippen LogP contribution in [0.25, 0.3) is 10.9 Å². The Hall–Kier alpha value is -1.13. The van der Waals surface area contributed by atoms with Gasteiger partial charge in [-0.2, -0.15) is 0 Å². The topological polar surface area (TPSA) is 42.1 Å². The van der Waals surface area contributed by atoms with Crippen molar-refractivity contribution in [3.63, 3.8) is 0 Å². The highest BCUT2D eigenvalue weighted by atomic mass is 79.9. The first-order valence-electron chi connectivity index (χ1n) is 5.08. The molecule has 0 bridgehead atoms. The van der Waals surface area contributed by atoms with Crippen molar-refractivity contribution in [2.24, 2.45) is 5.73 Å². The van der Waals surface area contributed by atoms with Gasteiger partial charge in [0, 0.05) is 36.2 Å². The molecule has 16 heavy (non-hydrogen) atoms. The lowest BCUT2D eigenvalue weighted by atomic mass is 10.1. The van der Waals surface area contributed by atoms with Crippen LogP contribution in [0.3, 0.4) is 0 Å². The van der Waals surface area contributed by atoms with E-state index in [1.54, 1.807) is 0 Å². The average molecular weight is 280 g/mol. The molecule has 0 saturated heterocycles. The van der Waals surface area contributed by atoms with Gasteiger partial charge in [0.25, 0.3) is 0 Å². The number of nitrogens with two attached hydrogens (primary N) is 1. The van der Waals surface area contributed by atoms with E-state index >= 15 is 0 Å². The van der Waals surface area contributed by atoms with Crippen LogP contribution in [-0.4, -0.2) is 19.1 Å². The summed E-state index contributed by atoms with van der Waals surface area (Å²) in [7, 11) is 4.05. The Bertz CT molecular complexity index is 523. The van der Waals surface area contributed by atoms with Crippen LogP contribution in [0.15, 0.2) is 28.7 Å². The molecule has 0 atom stereocenters. The summed E-state index contributed by atoms with van der Waals surface area (Å²) in [6.07, 6.45) is 0. The Morgan fingerprint density at radius 2 is 2.06 bits per heavy atom. The van der Waals surface area contributed by atoms with Crippen molar-refractivity contribution in [3.8, 4) is 0 Å². The van der Waals surface area contributed by atoms with Crippen molar-refractivity contribution in [2.75, 3.05) is 19.0 Å². The summed E-state index contributed by atoms with van der Waals surface area (Å²) in [5, 5.41) is 1.14. The SMILES string of the molecule is CN(C)c1cc(CN)nc2ccc(Br)cc12. The third-order valence-electron chi connectivity index (χ3n) is 2.49. The molecule has 0 radical (unpaired) electrons. The lowest BCUT2D eigenvalue weighted by molar-refractivity contribution is 0.998. The molecule has 4 heteroatoms. The molecule has 0 unspecified atom stereocenters. The number of benzene rings is 1. The molecule has 0 aliphatic rings. The average Bonchev–Trinajstić information content (AvgIpc) is 2.27. The van der Waals surface area contributed by atoms with E-state index in [2.05, 4.69) is 31.9 Å². The maximum atomic E-state index is 5.65. The minimum absolute atomic E-state index is 0.465. The molecule has 0 fully saturated rings. The third-order valence-corrected chi connectivity index (χ3v) is 2.99. The van der Waals surface area contributed by atoms with Crippen molar-refractivity contribution >= 4 is 32.5 Å². The van der Waals surface area contributed by atoms with Gasteiger partial charge in [0.1, 0.15) is 0 Å². The monoisotopic (exact) mass is 279 g/mol. The van der Waals surface area contributed by atoms with Crippen LogP contribution < -0.4 is 10.6 Å². The largest absolute Gasteiger partial charge is 0.377 e. The molecule has 0 spiro atoms. The van der Waals surface area contributed by atoms with E-state index in [0.717, 1.165) is 26.8 Å². The van der Waals surface area contributed by atoms with Gasteiger partial charge in [0.05, 0.1) is 11.2 Å². The first-order chi connectivity index (χ1) is 7.61. The zero-order chi connectivity index (χ0) is 11.7. The molecule has 0 amide bonds. The molecule has 84 valence electrons. The quantitative estimate of drug-likeness (QED) is 0.919. The van der Waals surface area contributed by atoms with Crippen molar-refractivity contribution in [2.45, 2.75) is 6.54 Å². The number of hydrogen-bond acceptors (Lipinski definition) is 3. The summed E-state index contributed by atoms with van der Waals surface area (Å²) in [4.78, 5) is 6.58. The molecule has 0 saturated carbocycles. The number of hydrogen-bond donors (Lipinski definition) is 1. The number of aromatic nitrogens is 1. The van der Waals surface area contributed by atoms with Gasteiger partial charge in [-0.05, 0) is 24.3 Å². The van der Waals surface area contributed by atoms with E-state index < -0.39 is 0 Å². The van der Waals surface area contributed by atoms with Gasteiger partial charge in [0.15, 0.2) is 0 Å². The van der Waals surface area contributed by atoms with Gasteiger partial charge in [-0.1, -0.05) is 15.9 Å². The Kier molecular flexibility index (Phi) is 3.12. The minimum atomic E-state index is 0.465. The molecule has 0 aliphatic carbocycles. The second-order valence-electron chi connectivity index (χ2n) is 3.89. The fourth-order valence-electron chi connectivity index (χ4n) is 1.71. The van der Waals surface area contributed by atoms with Crippen molar-refractivity contribution in [3.05, 3.63) is 34.4 Å². The van der Waals surface area contributed by atoms with Gasteiger partial charge < -0.3 is 10.6 Å². The first kappa shape index (κ1) is 11.4. The zero-order valence-corrected chi connectivity index (χ0v) is 11.0. The minimum Gasteiger partial charge on any atom is -0.377 e. The highest BCUT2D eigenvalue weighted by Crippen LogP contribution is 2.28. The van der Waals surface area contributed by atoms with E-state index in [1.165, 1.54) is 0 Å². The van der Waals surface area contributed by atoms with Crippen molar-refractivity contribution < 1.29 is 0 Å². The molecule has 2 aromatic rings. The van der Waals surface area contributed by atoms with E-state index in [1.807, 2.05) is 32.3 Å². The van der Waals surface area contributed by atoms with Crippen LogP contribution in [0.1, 0.15) is 5.69 Å². The Morgan fingerprint density at radius 3 is 2.69 bits per heavy atom. The number of fused-ring (bicyclic) bond motifs is 1. The molecule has 1 aromatic carbocycles. The highest BCUT2D eigenvalue weighted by Gasteiger charge is 2.07. The van der Waals surface area contributed by atoms with Gasteiger partial charge in [-0.15, -0.1) is 0 Å². The second kappa shape index (κ2) is 4.39. The zero-order valence-electron chi connectivity index (χ0n) is 9.37. The lowest BCUT2D eigenvalue weighted by Crippen LogP contribution is -2.11. The smallest absolute Gasteiger partial charge is 0.0727 e. The lowest BCUT2D eigenvalue weighted by Gasteiger charge is -2.16. The predicted octanol–water partition coefficient (Wildman–Crippen LogP) is 2.52. The second-order valence-corrected chi connectivity index (χ2v) is 4.81. The van der Waals surface area contributed by atoms with Gasteiger partial charge in [-0.25, -0.2) is 0 Å². The number of nitrogens with zero attached hydrogens (tertiary/aromatic N) is 2. The number of anilines is 1. The van der Waals surface area contributed by atoms with Crippen LogP contribution >= 0.6 is 15.9 Å². The summed E-state index contributed by atoms with van der Waals surface area (Å²) in [6.45, 7) is 0.465. The standard InChI is InChI=1S/C12H14BrN3/c1-16(2)12-6-9(7-14)15-11-4-3-8(13)5-10(11)12/h3-6H,7,14H2,1-2H3. The molecule has 2 N–H and O–H groups in total. The number of pyridine rings is 1. The molecule has 1 heterocycles. The number of halogens is 1. The fraction of sp³-hybridized carbons (Fsp3) is 0.250. The van der Waals surface area contributed by atoms with E-state index in [-0.39, 0.29) is 0 Å². The molecule has 3 nitrogen and oxygen atoms in total. The maximum Gasteiger partial charge on any atom is 0.0727 e. The highest BCUT2D eigenvalue weighted by molar-refractivity contribution is 9.10. The predicted molar refractivity (Wildman–Crippen MR) is 71.7 cm³/mol. The summed E-state index contributed by atoms with van der Waals surface area (Å²) in [5.74, 6) is 0. The summed E-state index contributed by atoms with van der Waals surface area (Å²) in [6, 6.07) is 8.12. The molecular weight excluding hydrogens is 266 g/mol. The van der Waals surface area contributed by atoms with E-state index in [9.17, 15) is 0 Å². The summed E-state index contributed by atoms with van der Waals surface area (Å²) >= 11 is 3.48. The van der Waals surface area contributed by atoms with Gasteiger partial charge in [-0.3, -0.25) is 4.98 Å². The molecule has 2 rings (SSSR count). The Morgan fingerprint density at radius 1 is 1.31 bits per heavy atom. The normalized spacial score (nSPS) is 10.8. The van der Waals surface area contributed by atoms with E-state index in [4.69, 9.17) is 5.73 Å². The maximum absolute atomic E-state index is 5.65. The van der Waals surface area contributed by atoms with Crippen LogP contribution in [0, 0.1) is 0 Å². The summed E-state index contributed by atoms with van der Waals surface area (Å²) < 4.78 is 1.06. The van der Waals surface area contributed by atoms with Crippen LogP contribution in [-0.2, 0) is 6.54 Å². The third kappa shape index (κ3) is 2.03. The van der Waals surface area contributed by atoms with Crippen LogP contribution in [0.2, 0.25) is 0 Å². The van der Waals surface area contributed by atoms with E-state index in [0.29, 0.717) is 6.54 Å². The van der Waals surface area contributed by atoms with Crippen molar-refractivity contribution in [1.82, 2.24) is 4.98 Å².